The molecule has 0 saturated heterocycles. The summed E-state index contributed by atoms with van der Waals surface area (Å²) < 4.78 is 3.36. The number of hydrogen-bond acceptors (Lipinski definition) is 3. The van der Waals surface area contributed by atoms with Crippen LogP contribution in [0.3, 0.4) is 0 Å². The minimum Gasteiger partial charge on any atom is -0.296 e. The normalized spacial score (nSPS) is 10.3. The van der Waals surface area contributed by atoms with Crippen LogP contribution in [0.2, 0.25) is 0 Å². The van der Waals surface area contributed by atoms with E-state index < -0.39 is 0 Å². The summed E-state index contributed by atoms with van der Waals surface area (Å²) in [6.45, 7) is 0. The Labute approximate surface area is 103 Å². The van der Waals surface area contributed by atoms with Gasteiger partial charge >= 0.3 is 0 Å². The Kier molecular flexibility index (Phi) is 2.97. The molecule has 0 N–H and O–H groups in total. The fourth-order valence-electron chi connectivity index (χ4n) is 1.11. The molecule has 2 rings (SSSR count). The summed E-state index contributed by atoms with van der Waals surface area (Å²) in [4.78, 5) is 10.5. The summed E-state index contributed by atoms with van der Waals surface area (Å²) >= 11 is 6.77. The van der Waals surface area contributed by atoms with Crippen LogP contribution in [0.5, 0.6) is 0 Å². The predicted molar refractivity (Wildman–Crippen MR) is 62.1 cm³/mol. The average Bonchev–Trinajstić information content (AvgIpc) is 2.70. The second-order valence-electron chi connectivity index (χ2n) is 2.80. The molecular weight excluding hydrogens is 326 g/mol. The highest BCUT2D eigenvalue weighted by Crippen LogP contribution is 2.24. The van der Waals surface area contributed by atoms with Crippen molar-refractivity contribution in [2.75, 3.05) is 0 Å². The first-order chi connectivity index (χ1) is 7.20. The molecule has 76 valence electrons. The number of hydrogen-bond donors (Lipinski definition) is 0. The average molecular weight is 331 g/mol. The van der Waals surface area contributed by atoms with Gasteiger partial charge in [-0.25, -0.2) is 4.68 Å². The Hall–Kier alpha value is -1.01. The zero-order valence-corrected chi connectivity index (χ0v) is 10.6. The highest BCUT2D eigenvalue weighted by atomic mass is 79.9. The van der Waals surface area contributed by atoms with Crippen molar-refractivity contribution in [3.8, 4) is 5.69 Å². The van der Waals surface area contributed by atoms with Gasteiger partial charge in [0.25, 0.3) is 0 Å². The molecule has 2 aromatic rings. The SMILES string of the molecule is O=Cc1cn(-c2cc(Br)ccc2Br)nn1. The van der Waals surface area contributed by atoms with Gasteiger partial charge in [0.2, 0.25) is 0 Å². The van der Waals surface area contributed by atoms with Crippen LogP contribution in [0.25, 0.3) is 5.69 Å². The fourth-order valence-corrected chi connectivity index (χ4v) is 1.89. The van der Waals surface area contributed by atoms with Gasteiger partial charge in [-0.1, -0.05) is 21.1 Å². The van der Waals surface area contributed by atoms with Crippen LogP contribution < -0.4 is 0 Å². The molecule has 0 fully saturated rings. The smallest absolute Gasteiger partial charge is 0.171 e. The van der Waals surface area contributed by atoms with Gasteiger partial charge in [0.05, 0.1) is 11.9 Å². The Balaban J connectivity index is 2.52. The first-order valence-corrected chi connectivity index (χ1v) is 5.62. The van der Waals surface area contributed by atoms with Crippen molar-refractivity contribution in [3.63, 3.8) is 0 Å². The van der Waals surface area contributed by atoms with Gasteiger partial charge in [0.1, 0.15) is 5.69 Å². The van der Waals surface area contributed by atoms with Gasteiger partial charge in [-0.15, -0.1) is 5.10 Å². The lowest BCUT2D eigenvalue weighted by Crippen LogP contribution is -1.95. The molecule has 0 atom stereocenters. The molecule has 6 heteroatoms. The molecule has 1 heterocycles. The standard InChI is InChI=1S/C9H5Br2N3O/c10-6-1-2-8(11)9(3-6)14-4-7(5-15)12-13-14/h1-5H. The Morgan fingerprint density at radius 2 is 2.13 bits per heavy atom. The highest BCUT2D eigenvalue weighted by Gasteiger charge is 2.06. The number of aromatic nitrogens is 3. The van der Waals surface area contributed by atoms with E-state index in [1.54, 1.807) is 10.9 Å². The largest absolute Gasteiger partial charge is 0.296 e. The third kappa shape index (κ3) is 2.15. The molecule has 0 bridgehead atoms. The van der Waals surface area contributed by atoms with E-state index >= 15 is 0 Å². The number of carbonyl (C=O) groups is 1. The molecule has 0 radical (unpaired) electrons. The lowest BCUT2D eigenvalue weighted by molar-refractivity contribution is 0.111. The van der Waals surface area contributed by atoms with E-state index in [1.807, 2.05) is 18.2 Å². The van der Waals surface area contributed by atoms with Crippen LogP contribution in [-0.4, -0.2) is 21.3 Å². The van der Waals surface area contributed by atoms with Crippen molar-refractivity contribution in [1.29, 1.82) is 0 Å². The highest BCUT2D eigenvalue weighted by molar-refractivity contribution is 9.11. The maximum absolute atomic E-state index is 10.5. The first kappa shape index (κ1) is 10.5. The zero-order valence-electron chi connectivity index (χ0n) is 7.39. The van der Waals surface area contributed by atoms with Crippen molar-refractivity contribution < 1.29 is 4.79 Å². The van der Waals surface area contributed by atoms with E-state index in [1.165, 1.54) is 0 Å². The van der Waals surface area contributed by atoms with E-state index in [4.69, 9.17) is 0 Å². The van der Waals surface area contributed by atoms with Crippen molar-refractivity contribution in [2.45, 2.75) is 0 Å². The Morgan fingerprint density at radius 1 is 1.33 bits per heavy atom. The van der Waals surface area contributed by atoms with Crippen molar-refractivity contribution >= 4 is 38.1 Å². The molecule has 0 aliphatic carbocycles. The van der Waals surface area contributed by atoms with Crippen LogP contribution >= 0.6 is 31.9 Å². The van der Waals surface area contributed by atoms with Crippen LogP contribution in [0, 0.1) is 0 Å². The van der Waals surface area contributed by atoms with Gasteiger partial charge in [0, 0.05) is 8.95 Å². The van der Waals surface area contributed by atoms with Gasteiger partial charge in [-0.3, -0.25) is 4.79 Å². The molecule has 0 saturated carbocycles. The number of aldehydes is 1. The summed E-state index contributed by atoms with van der Waals surface area (Å²) in [5.74, 6) is 0. The fraction of sp³-hybridized carbons (Fsp3) is 0. The maximum atomic E-state index is 10.5. The predicted octanol–water partition coefficient (Wildman–Crippen LogP) is 2.60. The lowest BCUT2D eigenvalue weighted by Gasteiger charge is -2.03. The van der Waals surface area contributed by atoms with Gasteiger partial charge < -0.3 is 0 Å². The van der Waals surface area contributed by atoms with Gasteiger partial charge in [-0.05, 0) is 34.1 Å². The van der Waals surface area contributed by atoms with E-state index in [-0.39, 0.29) is 0 Å². The second kappa shape index (κ2) is 4.24. The summed E-state index contributed by atoms with van der Waals surface area (Å²) in [6.07, 6.45) is 2.23. The third-order valence-electron chi connectivity index (χ3n) is 1.79. The summed E-state index contributed by atoms with van der Waals surface area (Å²) in [5.41, 5.74) is 1.13. The van der Waals surface area contributed by atoms with Crippen molar-refractivity contribution in [2.24, 2.45) is 0 Å². The Morgan fingerprint density at radius 3 is 2.80 bits per heavy atom. The van der Waals surface area contributed by atoms with E-state index in [2.05, 4.69) is 42.2 Å². The first-order valence-electron chi connectivity index (χ1n) is 4.03. The molecule has 0 spiro atoms. The molecule has 1 aromatic heterocycles. The number of carbonyl (C=O) groups excluding carboxylic acids is 1. The molecule has 0 aliphatic heterocycles. The lowest BCUT2D eigenvalue weighted by atomic mass is 10.3. The molecule has 0 unspecified atom stereocenters. The van der Waals surface area contributed by atoms with Crippen molar-refractivity contribution in [3.05, 3.63) is 39.0 Å². The molecule has 1 aromatic carbocycles. The number of benzene rings is 1. The van der Waals surface area contributed by atoms with Crippen LogP contribution in [0.15, 0.2) is 33.3 Å². The molecule has 0 aliphatic rings. The van der Waals surface area contributed by atoms with Gasteiger partial charge in [-0.2, -0.15) is 0 Å². The molecular formula is C9H5Br2N3O. The van der Waals surface area contributed by atoms with Gasteiger partial charge in [0.15, 0.2) is 6.29 Å². The number of halogens is 2. The van der Waals surface area contributed by atoms with Crippen molar-refractivity contribution in [1.82, 2.24) is 15.0 Å². The summed E-state index contributed by atoms with van der Waals surface area (Å²) in [6, 6.07) is 5.68. The van der Waals surface area contributed by atoms with E-state index in [9.17, 15) is 4.79 Å². The quantitative estimate of drug-likeness (QED) is 0.795. The van der Waals surface area contributed by atoms with Crippen LogP contribution in [0.1, 0.15) is 10.5 Å². The number of rotatable bonds is 2. The third-order valence-corrected chi connectivity index (χ3v) is 2.95. The zero-order chi connectivity index (χ0) is 10.8. The van der Waals surface area contributed by atoms with E-state index in [0.717, 1.165) is 14.6 Å². The second-order valence-corrected chi connectivity index (χ2v) is 4.57. The minimum atomic E-state index is 0.307. The topological polar surface area (TPSA) is 47.8 Å². The Bertz CT molecular complexity index is 510. The molecule has 15 heavy (non-hydrogen) atoms. The monoisotopic (exact) mass is 329 g/mol. The molecule has 4 nitrogen and oxygen atoms in total. The van der Waals surface area contributed by atoms with E-state index in [0.29, 0.717) is 12.0 Å². The minimum absolute atomic E-state index is 0.307. The summed E-state index contributed by atoms with van der Waals surface area (Å²) in [5, 5.41) is 7.53. The van der Waals surface area contributed by atoms with Crippen LogP contribution in [-0.2, 0) is 0 Å². The maximum Gasteiger partial charge on any atom is 0.171 e. The van der Waals surface area contributed by atoms with Crippen LogP contribution in [0.4, 0.5) is 0 Å². The molecule has 0 amide bonds. The number of nitrogens with zero attached hydrogens (tertiary/aromatic N) is 3. The summed E-state index contributed by atoms with van der Waals surface area (Å²) in [7, 11) is 0.